The van der Waals surface area contributed by atoms with E-state index in [4.69, 9.17) is 15.2 Å². The SMILES string of the molecule is Cc1cc(C)c(Nc2nc(Nc3ccc(C#N)cc3)nc3c2ccn3Cc2ccccc2)c(C)c1. The van der Waals surface area contributed by atoms with E-state index in [-0.39, 0.29) is 0 Å². The van der Waals surface area contributed by atoms with Gasteiger partial charge in [0.1, 0.15) is 11.5 Å². The molecule has 172 valence electrons. The Balaban J connectivity index is 1.59. The molecule has 6 nitrogen and oxygen atoms in total. The molecule has 0 radical (unpaired) electrons. The summed E-state index contributed by atoms with van der Waals surface area (Å²) in [5.74, 6) is 1.23. The van der Waals surface area contributed by atoms with Crippen molar-refractivity contribution in [1.29, 1.82) is 5.26 Å². The number of hydrogen-bond donors (Lipinski definition) is 2. The highest BCUT2D eigenvalue weighted by Gasteiger charge is 2.15. The molecule has 0 saturated carbocycles. The molecule has 0 unspecified atom stereocenters. The summed E-state index contributed by atoms with van der Waals surface area (Å²) in [6, 6.07) is 26.2. The summed E-state index contributed by atoms with van der Waals surface area (Å²) < 4.78 is 2.14. The summed E-state index contributed by atoms with van der Waals surface area (Å²) in [4.78, 5) is 9.71. The second-order valence-electron chi connectivity index (χ2n) is 8.78. The number of nitrogens with zero attached hydrogens (tertiary/aromatic N) is 4. The Morgan fingerprint density at radius 1 is 0.857 bits per heavy atom. The van der Waals surface area contributed by atoms with Gasteiger partial charge in [0.2, 0.25) is 5.95 Å². The Bertz CT molecular complexity index is 1520. The maximum Gasteiger partial charge on any atom is 0.231 e. The van der Waals surface area contributed by atoms with Crippen LogP contribution in [-0.2, 0) is 6.54 Å². The first-order chi connectivity index (χ1) is 17.0. The molecule has 0 aliphatic rings. The van der Waals surface area contributed by atoms with Gasteiger partial charge in [0.05, 0.1) is 17.0 Å². The van der Waals surface area contributed by atoms with Gasteiger partial charge in [0, 0.05) is 24.1 Å². The number of benzene rings is 3. The number of aromatic nitrogens is 3. The Hall–Kier alpha value is -4.63. The summed E-state index contributed by atoms with van der Waals surface area (Å²) >= 11 is 0. The lowest BCUT2D eigenvalue weighted by Crippen LogP contribution is -2.06. The number of rotatable bonds is 6. The fourth-order valence-electron chi connectivity index (χ4n) is 4.38. The van der Waals surface area contributed by atoms with E-state index in [2.05, 4.69) is 78.6 Å². The molecule has 5 aromatic rings. The molecule has 5 rings (SSSR count). The van der Waals surface area contributed by atoms with Gasteiger partial charge < -0.3 is 15.2 Å². The van der Waals surface area contributed by atoms with Gasteiger partial charge in [0.25, 0.3) is 0 Å². The number of aryl methyl sites for hydroxylation is 3. The fourth-order valence-corrected chi connectivity index (χ4v) is 4.38. The summed E-state index contributed by atoms with van der Waals surface area (Å²) in [7, 11) is 0. The minimum absolute atomic E-state index is 0.486. The van der Waals surface area contributed by atoms with E-state index < -0.39 is 0 Å². The Kier molecular flexibility index (Phi) is 5.90. The molecule has 6 heteroatoms. The first-order valence-corrected chi connectivity index (χ1v) is 11.5. The van der Waals surface area contributed by atoms with Crippen molar-refractivity contribution in [3.63, 3.8) is 0 Å². The van der Waals surface area contributed by atoms with Crippen molar-refractivity contribution < 1.29 is 0 Å². The molecule has 35 heavy (non-hydrogen) atoms. The predicted molar refractivity (Wildman–Crippen MR) is 141 cm³/mol. The number of fused-ring (bicyclic) bond motifs is 1. The molecule has 0 amide bonds. The van der Waals surface area contributed by atoms with Crippen LogP contribution in [0, 0.1) is 32.1 Å². The lowest BCUT2D eigenvalue weighted by Gasteiger charge is -2.16. The van der Waals surface area contributed by atoms with Crippen LogP contribution in [0.25, 0.3) is 11.0 Å². The molecule has 0 bridgehead atoms. The van der Waals surface area contributed by atoms with Crippen LogP contribution in [-0.4, -0.2) is 14.5 Å². The quantitative estimate of drug-likeness (QED) is 0.294. The highest BCUT2D eigenvalue weighted by Crippen LogP contribution is 2.31. The van der Waals surface area contributed by atoms with Crippen LogP contribution in [0.3, 0.4) is 0 Å². The zero-order valence-electron chi connectivity index (χ0n) is 20.0. The van der Waals surface area contributed by atoms with E-state index in [1.807, 2.05) is 30.3 Å². The standard InChI is InChI=1S/C29H26N6/c1-19-15-20(2)26(21(3)16-19)32-27-25-13-14-35(18-23-7-5-4-6-8-23)28(25)34-29(33-27)31-24-11-9-22(17-30)10-12-24/h4-16H,18H2,1-3H3,(H2,31,32,33,34). The smallest absolute Gasteiger partial charge is 0.231 e. The zero-order valence-corrected chi connectivity index (χ0v) is 20.0. The third-order valence-corrected chi connectivity index (χ3v) is 6.01. The number of nitriles is 1. The van der Waals surface area contributed by atoms with E-state index in [1.165, 1.54) is 22.3 Å². The van der Waals surface area contributed by atoms with E-state index in [0.29, 0.717) is 18.1 Å². The molecule has 0 aliphatic carbocycles. The molecule has 2 N–H and O–H groups in total. The Morgan fingerprint density at radius 2 is 1.57 bits per heavy atom. The van der Waals surface area contributed by atoms with Crippen molar-refractivity contribution in [2.45, 2.75) is 27.3 Å². The van der Waals surface area contributed by atoms with Crippen LogP contribution in [0.15, 0.2) is 79.0 Å². The van der Waals surface area contributed by atoms with Crippen molar-refractivity contribution >= 4 is 34.2 Å². The van der Waals surface area contributed by atoms with E-state index in [1.54, 1.807) is 12.1 Å². The monoisotopic (exact) mass is 458 g/mol. The van der Waals surface area contributed by atoms with E-state index in [0.717, 1.165) is 28.2 Å². The molecule has 3 aromatic carbocycles. The molecular formula is C29H26N6. The first kappa shape index (κ1) is 22.2. The van der Waals surface area contributed by atoms with Crippen molar-refractivity contribution in [3.8, 4) is 6.07 Å². The maximum absolute atomic E-state index is 9.10. The number of hydrogen-bond acceptors (Lipinski definition) is 5. The topological polar surface area (TPSA) is 78.6 Å². The first-order valence-electron chi connectivity index (χ1n) is 11.5. The molecular weight excluding hydrogens is 432 g/mol. The predicted octanol–water partition coefficient (Wildman–Crippen LogP) is 6.76. The van der Waals surface area contributed by atoms with Gasteiger partial charge in [-0.05, 0) is 67.8 Å². The van der Waals surface area contributed by atoms with E-state index >= 15 is 0 Å². The minimum Gasteiger partial charge on any atom is -0.339 e. The average Bonchev–Trinajstić information content (AvgIpc) is 3.25. The minimum atomic E-state index is 0.486. The van der Waals surface area contributed by atoms with Crippen LogP contribution in [0.5, 0.6) is 0 Å². The van der Waals surface area contributed by atoms with Crippen molar-refractivity contribution in [2.75, 3.05) is 10.6 Å². The van der Waals surface area contributed by atoms with Crippen LogP contribution in [0.2, 0.25) is 0 Å². The third kappa shape index (κ3) is 4.71. The Morgan fingerprint density at radius 3 is 2.26 bits per heavy atom. The molecule has 0 atom stereocenters. The second kappa shape index (κ2) is 9.32. The fraction of sp³-hybridized carbons (Fsp3) is 0.138. The van der Waals surface area contributed by atoms with Gasteiger partial charge in [0.15, 0.2) is 0 Å². The average molecular weight is 459 g/mol. The van der Waals surface area contributed by atoms with Crippen molar-refractivity contribution in [3.05, 3.63) is 107 Å². The molecule has 0 fully saturated rings. The molecule has 0 aliphatic heterocycles. The number of anilines is 4. The highest BCUT2D eigenvalue weighted by molar-refractivity contribution is 5.91. The van der Waals surface area contributed by atoms with E-state index in [9.17, 15) is 0 Å². The van der Waals surface area contributed by atoms with Crippen LogP contribution < -0.4 is 10.6 Å². The lowest BCUT2D eigenvalue weighted by molar-refractivity contribution is 0.824. The van der Waals surface area contributed by atoms with Gasteiger partial charge in [-0.1, -0.05) is 48.0 Å². The molecule has 2 heterocycles. The summed E-state index contributed by atoms with van der Waals surface area (Å²) in [6.45, 7) is 7.03. The maximum atomic E-state index is 9.10. The highest BCUT2D eigenvalue weighted by atomic mass is 15.2. The van der Waals surface area contributed by atoms with Crippen LogP contribution >= 0.6 is 0 Å². The van der Waals surface area contributed by atoms with Gasteiger partial charge in [-0.2, -0.15) is 15.2 Å². The van der Waals surface area contributed by atoms with Gasteiger partial charge in [-0.25, -0.2) is 0 Å². The van der Waals surface area contributed by atoms with Crippen LogP contribution in [0.1, 0.15) is 27.8 Å². The molecule has 0 spiro atoms. The van der Waals surface area contributed by atoms with Crippen molar-refractivity contribution in [1.82, 2.24) is 14.5 Å². The lowest BCUT2D eigenvalue weighted by atomic mass is 10.1. The van der Waals surface area contributed by atoms with Gasteiger partial charge in [-0.3, -0.25) is 0 Å². The largest absolute Gasteiger partial charge is 0.339 e. The van der Waals surface area contributed by atoms with Gasteiger partial charge >= 0.3 is 0 Å². The summed E-state index contributed by atoms with van der Waals surface area (Å²) in [5, 5.41) is 16.9. The summed E-state index contributed by atoms with van der Waals surface area (Å²) in [5.41, 5.74) is 8.08. The zero-order chi connectivity index (χ0) is 24.4. The Labute approximate surface area is 204 Å². The number of nitrogens with one attached hydrogen (secondary N) is 2. The molecule has 0 saturated heterocycles. The van der Waals surface area contributed by atoms with Crippen molar-refractivity contribution in [2.24, 2.45) is 0 Å². The second-order valence-corrected chi connectivity index (χ2v) is 8.78. The summed E-state index contributed by atoms with van der Waals surface area (Å²) in [6.07, 6.45) is 2.05. The van der Waals surface area contributed by atoms with Crippen LogP contribution in [0.4, 0.5) is 23.1 Å². The normalized spacial score (nSPS) is 10.8. The molecule has 2 aromatic heterocycles. The van der Waals surface area contributed by atoms with Gasteiger partial charge in [-0.15, -0.1) is 0 Å². The third-order valence-electron chi connectivity index (χ3n) is 6.01.